The predicted molar refractivity (Wildman–Crippen MR) is 84.4 cm³/mol. The lowest BCUT2D eigenvalue weighted by molar-refractivity contribution is -0.119. The monoisotopic (exact) mass is 335 g/mol. The largest absolute Gasteiger partial charge is 0.454 e. The zero-order chi connectivity index (χ0) is 17.0. The van der Waals surface area contributed by atoms with E-state index in [0.29, 0.717) is 22.7 Å². The number of aryl methyl sites for hydroxylation is 1. The van der Waals surface area contributed by atoms with Crippen molar-refractivity contribution in [2.75, 3.05) is 6.61 Å². The summed E-state index contributed by atoms with van der Waals surface area (Å²) < 4.78 is 6.60. The van der Waals surface area contributed by atoms with E-state index in [4.69, 9.17) is 4.74 Å². The number of ether oxygens (including phenoxy) is 1. The minimum absolute atomic E-state index is 0.132. The van der Waals surface area contributed by atoms with Gasteiger partial charge in [0.2, 0.25) is 11.7 Å². The summed E-state index contributed by atoms with van der Waals surface area (Å²) in [5, 5.41) is 6.62. The number of nitrogens with zero attached hydrogens (tertiary/aromatic N) is 2. The lowest BCUT2D eigenvalue weighted by Crippen LogP contribution is -2.18. The maximum atomic E-state index is 12.0. The molecule has 2 heterocycles. The van der Waals surface area contributed by atoms with Crippen LogP contribution in [-0.2, 0) is 23.1 Å². The molecule has 0 aromatic carbocycles. The third-order valence-corrected chi connectivity index (χ3v) is 4.36. The van der Waals surface area contributed by atoms with Gasteiger partial charge in [-0.2, -0.15) is 5.10 Å². The molecule has 2 rings (SSSR count). The van der Waals surface area contributed by atoms with Crippen LogP contribution in [0.4, 0.5) is 0 Å². The van der Waals surface area contributed by atoms with Crippen LogP contribution in [0.15, 0.2) is 18.3 Å². The Morgan fingerprint density at radius 2 is 2.09 bits per heavy atom. The van der Waals surface area contributed by atoms with Crippen molar-refractivity contribution in [3.8, 4) is 0 Å². The molecule has 7 nitrogen and oxygen atoms in total. The molecule has 1 amide bonds. The fourth-order valence-corrected chi connectivity index (χ4v) is 2.69. The summed E-state index contributed by atoms with van der Waals surface area (Å²) in [5.41, 5.74) is 1.02. The average Bonchev–Trinajstić information content (AvgIpc) is 3.10. The Hall–Kier alpha value is -2.48. The topological polar surface area (TPSA) is 90.3 Å². The lowest BCUT2D eigenvalue weighted by atomic mass is 10.2. The van der Waals surface area contributed by atoms with Gasteiger partial charge in [0.05, 0.1) is 17.6 Å². The third-order valence-electron chi connectivity index (χ3n) is 3.24. The Labute approximate surface area is 137 Å². The molecule has 0 unspecified atom stereocenters. The number of hydrogen-bond donors (Lipinski definition) is 1. The maximum absolute atomic E-state index is 12.0. The van der Waals surface area contributed by atoms with Crippen LogP contribution in [-0.4, -0.2) is 34.0 Å². The van der Waals surface area contributed by atoms with Crippen LogP contribution < -0.4 is 5.32 Å². The van der Waals surface area contributed by atoms with Gasteiger partial charge >= 0.3 is 5.97 Å². The number of hydrogen-bond acceptors (Lipinski definition) is 6. The second-order valence-electron chi connectivity index (χ2n) is 4.94. The van der Waals surface area contributed by atoms with E-state index in [9.17, 15) is 14.4 Å². The first-order valence-electron chi connectivity index (χ1n) is 6.90. The smallest absolute Gasteiger partial charge is 0.342 e. The molecule has 0 radical (unpaired) electrons. The number of amides is 1. The summed E-state index contributed by atoms with van der Waals surface area (Å²) in [6, 6.07) is 3.42. The molecule has 8 heteroatoms. The van der Waals surface area contributed by atoms with E-state index in [1.807, 2.05) is 0 Å². The molecule has 2 aromatic heterocycles. The molecule has 0 aliphatic carbocycles. The zero-order valence-corrected chi connectivity index (χ0v) is 13.9. The molecule has 0 aliphatic rings. The maximum Gasteiger partial charge on any atom is 0.342 e. The van der Waals surface area contributed by atoms with Gasteiger partial charge in [0.15, 0.2) is 6.61 Å². The molecule has 1 N–H and O–H groups in total. The van der Waals surface area contributed by atoms with Crippen molar-refractivity contribution in [2.45, 2.75) is 20.4 Å². The van der Waals surface area contributed by atoms with Crippen LogP contribution in [0.3, 0.4) is 0 Å². The molecule has 0 saturated carbocycles. The molecule has 0 spiro atoms. The van der Waals surface area contributed by atoms with Crippen LogP contribution in [0.1, 0.15) is 37.5 Å². The average molecular weight is 335 g/mol. The van der Waals surface area contributed by atoms with Crippen LogP contribution in [0.5, 0.6) is 0 Å². The summed E-state index contributed by atoms with van der Waals surface area (Å²) in [5.74, 6) is -0.981. The quantitative estimate of drug-likeness (QED) is 0.638. The first-order valence-corrected chi connectivity index (χ1v) is 7.72. The van der Waals surface area contributed by atoms with E-state index >= 15 is 0 Å². The Kier molecular flexibility index (Phi) is 5.28. The molecular formula is C15H17N3O4S. The first-order chi connectivity index (χ1) is 10.9. The van der Waals surface area contributed by atoms with E-state index in [2.05, 4.69) is 10.4 Å². The van der Waals surface area contributed by atoms with Gasteiger partial charge in [0.25, 0.3) is 0 Å². The Morgan fingerprint density at radius 1 is 1.35 bits per heavy atom. The highest BCUT2D eigenvalue weighted by Gasteiger charge is 2.17. The van der Waals surface area contributed by atoms with Gasteiger partial charge in [-0.1, -0.05) is 0 Å². The van der Waals surface area contributed by atoms with E-state index in [-0.39, 0.29) is 18.3 Å². The Balaban J connectivity index is 1.91. The molecule has 0 aliphatic heterocycles. The molecule has 23 heavy (non-hydrogen) atoms. The molecule has 0 fully saturated rings. The van der Waals surface area contributed by atoms with Gasteiger partial charge in [-0.05, 0) is 19.1 Å². The van der Waals surface area contributed by atoms with Crippen LogP contribution >= 0.6 is 11.3 Å². The minimum atomic E-state index is -0.570. The number of Topliss-reactive ketones (excluding diaryl/α,β-unsaturated/α-hetero) is 1. The van der Waals surface area contributed by atoms with Crippen LogP contribution in [0, 0.1) is 6.92 Å². The van der Waals surface area contributed by atoms with E-state index in [1.54, 1.807) is 30.8 Å². The normalized spacial score (nSPS) is 10.4. The van der Waals surface area contributed by atoms with Gasteiger partial charge in [0, 0.05) is 24.5 Å². The van der Waals surface area contributed by atoms with Gasteiger partial charge in [-0.3, -0.25) is 14.3 Å². The summed E-state index contributed by atoms with van der Waals surface area (Å²) in [7, 11) is 1.72. The van der Waals surface area contributed by atoms with Crippen molar-refractivity contribution in [2.24, 2.45) is 7.05 Å². The number of ketones is 1. The second kappa shape index (κ2) is 7.19. The third kappa shape index (κ3) is 4.26. The number of thiophene rings is 1. The van der Waals surface area contributed by atoms with Crippen molar-refractivity contribution in [1.29, 1.82) is 0 Å². The highest BCUT2D eigenvalue weighted by molar-refractivity contribution is 7.14. The highest BCUT2D eigenvalue weighted by Crippen LogP contribution is 2.17. The van der Waals surface area contributed by atoms with Crippen molar-refractivity contribution < 1.29 is 19.1 Å². The minimum Gasteiger partial charge on any atom is -0.454 e. The first kappa shape index (κ1) is 16.9. The fraction of sp³-hybridized carbons (Fsp3) is 0.333. The SMILES string of the molecule is CC(=O)NCc1ccc(C(=O)COC(=O)c2cnn(C)c2C)s1. The summed E-state index contributed by atoms with van der Waals surface area (Å²) in [6.07, 6.45) is 1.42. The molecule has 0 atom stereocenters. The molecule has 0 saturated heterocycles. The van der Waals surface area contributed by atoms with Crippen LogP contribution in [0.2, 0.25) is 0 Å². The van der Waals surface area contributed by atoms with E-state index < -0.39 is 5.97 Å². The summed E-state index contributed by atoms with van der Waals surface area (Å²) in [4.78, 5) is 36.2. The van der Waals surface area contributed by atoms with Crippen molar-refractivity contribution >= 4 is 29.0 Å². The molecule has 0 bridgehead atoms. The van der Waals surface area contributed by atoms with Crippen molar-refractivity contribution in [1.82, 2.24) is 15.1 Å². The molecule has 2 aromatic rings. The van der Waals surface area contributed by atoms with Gasteiger partial charge in [-0.25, -0.2) is 4.79 Å². The van der Waals surface area contributed by atoms with Crippen LogP contribution in [0.25, 0.3) is 0 Å². The number of esters is 1. The van der Waals surface area contributed by atoms with E-state index in [1.165, 1.54) is 24.5 Å². The highest BCUT2D eigenvalue weighted by atomic mass is 32.1. The second-order valence-corrected chi connectivity index (χ2v) is 6.11. The molecule has 122 valence electrons. The number of aromatic nitrogens is 2. The number of rotatable bonds is 6. The number of nitrogens with one attached hydrogen (secondary N) is 1. The standard InChI is InChI=1S/C15H17N3O4S/c1-9-12(7-17-18(9)3)15(21)22-8-13(20)14-5-4-11(23-14)6-16-10(2)19/h4-5,7H,6,8H2,1-3H3,(H,16,19). The Morgan fingerprint density at radius 3 is 2.70 bits per heavy atom. The summed E-state index contributed by atoms with van der Waals surface area (Å²) in [6.45, 7) is 3.23. The van der Waals surface area contributed by atoms with Gasteiger partial charge in [-0.15, -0.1) is 11.3 Å². The Bertz CT molecular complexity index is 748. The van der Waals surface area contributed by atoms with Gasteiger partial charge in [0.1, 0.15) is 5.56 Å². The number of carbonyl (C=O) groups is 3. The van der Waals surface area contributed by atoms with Gasteiger partial charge < -0.3 is 10.1 Å². The molecular weight excluding hydrogens is 318 g/mol. The predicted octanol–water partition coefficient (Wildman–Crippen LogP) is 1.47. The summed E-state index contributed by atoms with van der Waals surface area (Å²) >= 11 is 1.27. The fourth-order valence-electron chi connectivity index (χ4n) is 1.81. The van der Waals surface area contributed by atoms with Crippen molar-refractivity contribution in [3.05, 3.63) is 39.3 Å². The van der Waals surface area contributed by atoms with Crippen molar-refractivity contribution in [3.63, 3.8) is 0 Å². The lowest BCUT2D eigenvalue weighted by Gasteiger charge is -2.03. The zero-order valence-electron chi connectivity index (χ0n) is 13.1. The number of carbonyl (C=O) groups excluding carboxylic acids is 3. The van der Waals surface area contributed by atoms with E-state index in [0.717, 1.165) is 4.88 Å².